The highest BCUT2D eigenvalue weighted by atomic mass is 32.1. The summed E-state index contributed by atoms with van der Waals surface area (Å²) in [5.74, 6) is 0.833. The van der Waals surface area contributed by atoms with Crippen LogP contribution in [-0.2, 0) is 13.1 Å². The summed E-state index contributed by atoms with van der Waals surface area (Å²) in [5, 5.41) is 6.55. The van der Waals surface area contributed by atoms with Gasteiger partial charge in [0.1, 0.15) is 5.01 Å². The first-order valence-corrected chi connectivity index (χ1v) is 7.86. The number of nitrogens with zero attached hydrogens (tertiary/aromatic N) is 2. The Kier molecular flexibility index (Phi) is 5.15. The van der Waals surface area contributed by atoms with E-state index in [2.05, 4.69) is 34.6 Å². The van der Waals surface area contributed by atoms with E-state index >= 15 is 0 Å². The van der Waals surface area contributed by atoms with Crippen molar-refractivity contribution in [3.8, 4) is 0 Å². The van der Waals surface area contributed by atoms with Crippen molar-refractivity contribution in [3.63, 3.8) is 0 Å². The molecule has 1 aliphatic rings. The van der Waals surface area contributed by atoms with Gasteiger partial charge in [-0.3, -0.25) is 4.90 Å². The first-order valence-electron chi connectivity index (χ1n) is 6.99. The minimum atomic E-state index is 0.744. The van der Waals surface area contributed by atoms with Crippen LogP contribution in [0.5, 0.6) is 0 Å². The van der Waals surface area contributed by atoms with Crippen LogP contribution in [0.15, 0.2) is 5.38 Å². The molecule has 0 saturated heterocycles. The first-order chi connectivity index (χ1) is 8.70. The maximum Gasteiger partial charge on any atom is 0.107 e. The maximum atomic E-state index is 4.67. The van der Waals surface area contributed by atoms with Crippen molar-refractivity contribution in [2.24, 2.45) is 5.92 Å². The van der Waals surface area contributed by atoms with E-state index in [1.54, 1.807) is 11.3 Å². The minimum absolute atomic E-state index is 0.744. The second-order valence-electron chi connectivity index (χ2n) is 5.51. The molecule has 1 aromatic rings. The fourth-order valence-electron chi connectivity index (χ4n) is 2.98. The Labute approximate surface area is 115 Å². The largest absolute Gasteiger partial charge is 0.314 e. The van der Waals surface area contributed by atoms with Gasteiger partial charge in [-0.15, -0.1) is 11.3 Å². The van der Waals surface area contributed by atoms with Crippen molar-refractivity contribution in [2.45, 2.75) is 51.7 Å². The Hall–Kier alpha value is -0.450. The molecule has 0 aliphatic heterocycles. The van der Waals surface area contributed by atoms with Gasteiger partial charge in [0.25, 0.3) is 0 Å². The molecule has 2 rings (SSSR count). The number of hydrogen-bond donors (Lipinski definition) is 1. The Morgan fingerprint density at radius 2 is 2.22 bits per heavy atom. The van der Waals surface area contributed by atoms with E-state index in [0.29, 0.717) is 0 Å². The lowest BCUT2D eigenvalue weighted by molar-refractivity contribution is 0.132. The lowest BCUT2D eigenvalue weighted by Gasteiger charge is -2.35. The van der Waals surface area contributed by atoms with Crippen LogP contribution in [0.4, 0.5) is 0 Å². The molecule has 1 N–H and O–H groups in total. The summed E-state index contributed by atoms with van der Waals surface area (Å²) in [6, 6.07) is 0.744. The average Bonchev–Trinajstić information content (AvgIpc) is 2.77. The number of nitrogens with one attached hydrogen (secondary N) is 1. The number of rotatable bonds is 5. The molecule has 0 aromatic carbocycles. The van der Waals surface area contributed by atoms with Gasteiger partial charge in [-0.25, -0.2) is 4.98 Å². The molecule has 102 valence electrons. The van der Waals surface area contributed by atoms with Crippen LogP contribution in [0.1, 0.15) is 43.3 Å². The molecular formula is C14H25N3S. The fraction of sp³-hybridized carbons (Fsp3) is 0.786. The molecule has 3 nitrogen and oxygen atoms in total. The molecule has 0 spiro atoms. The van der Waals surface area contributed by atoms with Gasteiger partial charge >= 0.3 is 0 Å². The van der Waals surface area contributed by atoms with E-state index in [9.17, 15) is 0 Å². The second kappa shape index (κ2) is 6.64. The monoisotopic (exact) mass is 267 g/mol. The van der Waals surface area contributed by atoms with Gasteiger partial charge < -0.3 is 5.32 Å². The summed E-state index contributed by atoms with van der Waals surface area (Å²) in [6.45, 7) is 4.28. The molecule has 2 unspecified atom stereocenters. The summed E-state index contributed by atoms with van der Waals surface area (Å²) >= 11 is 1.76. The van der Waals surface area contributed by atoms with Gasteiger partial charge in [0.15, 0.2) is 0 Å². The standard InChI is InChI=1S/C14H25N3S/c1-11-6-4-5-7-13(11)17(3)9-12-10-18-14(16-12)8-15-2/h10-11,13,15H,4-9H2,1-3H3. The molecule has 1 aliphatic carbocycles. The highest BCUT2D eigenvalue weighted by Crippen LogP contribution is 2.28. The third kappa shape index (κ3) is 3.53. The van der Waals surface area contributed by atoms with Crippen molar-refractivity contribution in [3.05, 3.63) is 16.1 Å². The zero-order chi connectivity index (χ0) is 13.0. The molecule has 0 radical (unpaired) electrons. The summed E-state index contributed by atoms with van der Waals surface area (Å²) in [4.78, 5) is 7.18. The van der Waals surface area contributed by atoms with Crippen molar-refractivity contribution >= 4 is 11.3 Å². The van der Waals surface area contributed by atoms with E-state index in [0.717, 1.165) is 25.0 Å². The van der Waals surface area contributed by atoms with Crippen LogP contribution in [0.2, 0.25) is 0 Å². The van der Waals surface area contributed by atoms with Gasteiger partial charge in [0.2, 0.25) is 0 Å². The highest BCUT2D eigenvalue weighted by molar-refractivity contribution is 7.09. The lowest BCUT2D eigenvalue weighted by atomic mass is 9.85. The van der Waals surface area contributed by atoms with Gasteiger partial charge in [-0.05, 0) is 32.9 Å². The molecule has 4 heteroatoms. The van der Waals surface area contributed by atoms with Crippen molar-refractivity contribution < 1.29 is 0 Å². The molecule has 0 bridgehead atoms. The normalized spacial score (nSPS) is 24.7. The highest BCUT2D eigenvalue weighted by Gasteiger charge is 2.25. The zero-order valence-corrected chi connectivity index (χ0v) is 12.6. The molecule has 1 aromatic heterocycles. The van der Waals surface area contributed by atoms with Gasteiger partial charge in [-0.2, -0.15) is 0 Å². The molecule has 1 saturated carbocycles. The van der Waals surface area contributed by atoms with Crippen LogP contribution in [0, 0.1) is 5.92 Å². The van der Waals surface area contributed by atoms with Crippen LogP contribution in [0.3, 0.4) is 0 Å². The smallest absolute Gasteiger partial charge is 0.107 e. The van der Waals surface area contributed by atoms with E-state index in [1.807, 2.05) is 7.05 Å². The Morgan fingerprint density at radius 1 is 1.44 bits per heavy atom. The zero-order valence-electron chi connectivity index (χ0n) is 11.8. The molecule has 1 heterocycles. The molecule has 18 heavy (non-hydrogen) atoms. The van der Waals surface area contributed by atoms with Crippen molar-refractivity contribution in [1.82, 2.24) is 15.2 Å². The number of thiazole rings is 1. The number of aromatic nitrogens is 1. The van der Waals surface area contributed by atoms with E-state index in [1.165, 1.54) is 36.4 Å². The third-order valence-corrected chi connectivity index (χ3v) is 4.87. The van der Waals surface area contributed by atoms with Crippen LogP contribution in [0.25, 0.3) is 0 Å². The summed E-state index contributed by atoms with van der Waals surface area (Å²) in [7, 11) is 4.22. The summed E-state index contributed by atoms with van der Waals surface area (Å²) < 4.78 is 0. The molecule has 2 atom stereocenters. The minimum Gasteiger partial charge on any atom is -0.314 e. The predicted molar refractivity (Wildman–Crippen MR) is 77.8 cm³/mol. The van der Waals surface area contributed by atoms with Gasteiger partial charge in [0.05, 0.1) is 5.69 Å². The molecular weight excluding hydrogens is 242 g/mol. The lowest BCUT2D eigenvalue weighted by Crippen LogP contribution is -2.38. The Bertz CT molecular complexity index is 364. The van der Waals surface area contributed by atoms with Crippen LogP contribution < -0.4 is 5.32 Å². The van der Waals surface area contributed by atoms with E-state index < -0.39 is 0 Å². The van der Waals surface area contributed by atoms with E-state index in [-0.39, 0.29) is 0 Å². The summed E-state index contributed by atoms with van der Waals surface area (Å²) in [5.41, 5.74) is 1.23. The molecule has 0 amide bonds. The SMILES string of the molecule is CNCc1nc(CN(C)C2CCCCC2C)cs1. The quantitative estimate of drug-likeness (QED) is 0.889. The van der Waals surface area contributed by atoms with E-state index in [4.69, 9.17) is 0 Å². The second-order valence-corrected chi connectivity index (χ2v) is 6.45. The first kappa shape index (κ1) is 14.0. The van der Waals surface area contributed by atoms with Gasteiger partial charge in [-0.1, -0.05) is 19.8 Å². The maximum absolute atomic E-state index is 4.67. The van der Waals surface area contributed by atoms with Crippen molar-refractivity contribution in [1.29, 1.82) is 0 Å². The van der Waals surface area contributed by atoms with Crippen molar-refractivity contribution in [2.75, 3.05) is 14.1 Å². The van der Waals surface area contributed by atoms with Gasteiger partial charge in [0, 0.05) is 24.5 Å². The molecule has 1 fully saturated rings. The Balaban J connectivity index is 1.90. The fourth-order valence-corrected chi connectivity index (χ4v) is 3.78. The Morgan fingerprint density at radius 3 is 2.94 bits per heavy atom. The predicted octanol–water partition coefficient (Wildman–Crippen LogP) is 2.87. The van der Waals surface area contributed by atoms with Crippen LogP contribution in [-0.4, -0.2) is 30.0 Å². The van der Waals surface area contributed by atoms with Crippen LogP contribution >= 0.6 is 11.3 Å². The number of hydrogen-bond acceptors (Lipinski definition) is 4. The summed E-state index contributed by atoms with van der Waals surface area (Å²) in [6.07, 6.45) is 5.54. The third-order valence-electron chi connectivity index (χ3n) is 3.97. The average molecular weight is 267 g/mol. The topological polar surface area (TPSA) is 28.2 Å².